The Morgan fingerprint density at radius 2 is 0.802 bits per heavy atom. The van der Waals surface area contributed by atoms with Gasteiger partial charge in [-0.15, -0.1) is 0 Å². The van der Waals surface area contributed by atoms with Gasteiger partial charge in [0, 0.05) is 50.7 Å². The Bertz CT molecular complexity index is 3890. The molecule has 13 rings (SSSR count). The average Bonchev–Trinajstić information content (AvgIpc) is 3.88. The van der Waals surface area contributed by atoms with Gasteiger partial charge in [0.05, 0.1) is 16.9 Å². The van der Waals surface area contributed by atoms with E-state index in [0.29, 0.717) is 0 Å². The number of nitrogens with zero attached hydrogens (tertiary/aromatic N) is 3. The molecule has 2 unspecified atom stereocenters. The van der Waals surface area contributed by atoms with Crippen LogP contribution in [-0.2, 0) is 27.1 Å². The van der Waals surface area contributed by atoms with Crippen molar-refractivity contribution >= 4 is 68.6 Å². The minimum atomic E-state index is -0.303. The molecule has 9 aromatic carbocycles. The summed E-state index contributed by atoms with van der Waals surface area (Å²) in [6.07, 6.45) is 4.49. The van der Waals surface area contributed by atoms with E-state index in [4.69, 9.17) is 0 Å². The molecule has 1 saturated carbocycles. The van der Waals surface area contributed by atoms with Crippen molar-refractivity contribution in [3.8, 4) is 22.3 Å². The van der Waals surface area contributed by atoms with Crippen LogP contribution >= 0.6 is 0 Å². The maximum Gasteiger partial charge on any atom is 0.252 e. The predicted molar refractivity (Wildman–Crippen MR) is 349 cm³/mol. The first kappa shape index (κ1) is 52.8. The predicted octanol–water partition coefficient (Wildman–Crippen LogP) is 19.1. The molecule has 9 aromatic rings. The lowest BCUT2D eigenvalue weighted by Crippen LogP contribution is -2.62. The second-order valence-corrected chi connectivity index (χ2v) is 28.3. The molecule has 4 aliphatic rings. The normalized spacial score (nSPS) is 18.5. The second-order valence-electron chi connectivity index (χ2n) is 28.3. The van der Waals surface area contributed by atoms with Crippen molar-refractivity contribution in [3.63, 3.8) is 0 Å². The molecule has 0 radical (unpaired) electrons. The molecule has 1 aliphatic carbocycles. The number of hydrogen-bond acceptors (Lipinski definition) is 3. The van der Waals surface area contributed by atoms with Gasteiger partial charge in [-0.25, -0.2) is 0 Å². The third-order valence-corrected chi connectivity index (χ3v) is 19.2. The summed E-state index contributed by atoms with van der Waals surface area (Å²) in [5, 5.41) is 0. The summed E-state index contributed by atoms with van der Waals surface area (Å²) in [5.41, 5.74) is 26.2. The van der Waals surface area contributed by atoms with Gasteiger partial charge in [-0.1, -0.05) is 242 Å². The molecule has 0 aromatic heterocycles. The fraction of sp³-hybridized carbons (Fsp3) is 0.299. The van der Waals surface area contributed by atoms with Gasteiger partial charge in [-0.2, -0.15) is 0 Å². The first-order chi connectivity index (χ1) is 38.6. The number of benzene rings is 9. The summed E-state index contributed by atoms with van der Waals surface area (Å²) in [4.78, 5) is 8.19. The summed E-state index contributed by atoms with van der Waals surface area (Å²) in [5.74, 6) is 0. The third-order valence-electron chi connectivity index (χ3n) is 19.2. The van der Waals surface area contributed by atoms with E-state index in [9.17, 15) is 0 Å². The molecule has 1 fully saturated rings. The van der Waals surface area contributed by atoms with Crippen molar-refractivity contribution in [2.45, 2.75) is 148 Å². The van der Waals surface area contributed by atoms with Gasteiger partial charge in [0.2, 0.25) is 0 Å². The Hall–Kier alpha value is -7.56. The molecule has 0 saturated heterocycles. The van der Waals surface area contributed by atoms with Crippen molar-refractivity contribution in [2.24, 2.45) is 0 Å². The van der Waals surface area contributed by atoms with Crippen LogP contribution in [0.1, 0.15) is 149 Å². The van der Waals surface area contributed by atoms with Crippen LogP contribution in [0.25, 0.3) is 22.3 Å². The fourth-order valence-corrected chi connectivity index (χ4v) is 14.8. The average molecular weight is 1060 g/mol. The summed E-state index contributed by atoms with van der Waals surface area (Å²) >= 11 is 0. The summed E-state index contributed by atoms with van der Waals surface area (Å²) in [6, 6.07) is 78.3. The van der Waals surface area contributed by atoms with E-state index in [-0.39, 0.29) is 39.3 Å². The van der Waals surface area contributed by atoms with Gasteiger partial charge in [0.1, 0.15) is 0 Å². The smallest absolute Gasteiger partial charge is 0.252 e. The largest absolute Gasteiger partial charge is 0.334 e. The molecule has 0 amide bonds. The number of fused-ring (bicyclic) bond motifs is 7. The van der Waals surface area contributed by atoms with E-state index in [0.717, 1.165) is 12.8 Å². The summed E-state index contributed by atoms with van der Waals surface area (Å²) in [7, 11) is 0. The van der Waals surface area contributed by atoms with Crippen LogP contribution < -0.4 is 31.1 Å². The Balaban J connectivity index is 1.17. The number of hydrogen-bond donors (Lipinski definition) is 0. The molecule has 3 aliphatic heterocycles. The molecule has 81 heavy (non-hydrogen) atoms. The van der Waals surface area contributed by atoms with Crippen molar-refractivity contribution in [1.29, 1.82) is 0 Å². The number of rotatable bonds is 6. The molecule has 4 heteroatoms. The number of anilines is 8. The zero-order valence-electron chi connectivity index (χ0n) is 50.3. The Morgan fingerprint density at radius 1 is 0.370 bits per heavy atom. The highest BCUT2D eigenvalue weighted by atomic mass is 15.3. The molecule has 406 valence electrons. The van der Waals surface area contributed by atoms with Crippen LogP contribution in [0.4, 0.5) is 45.5 Å². The molecular formula is C77H80BN3. The van der Waals surface area contributed by atoms with E-state index < -0.39 is 0 Å². The standard InChI is InChI=1S/C77H80BN3/c1-72(2,3)53-34-36-54(37-35-53)77-45-25-24-44-76(77,13)81(66-32-22-20-30-61(66)77)58-49-69-71-70(50-58)80(65-42-39-56(74(7,8)9)47-60(65)52-28-18-15-19-29-52)68-43-40-57(75(10,11)12)48-63(68)78(71)62-31-21-23-33-67(62)79(69)64-41-38-55(73(4,5)6)46-59(64)51-26-16-14-17-27-51/h14-23,26-43,46-50H,24-25,44-45H2,1-13H3. The van der Waals surface area contributed by atoms with E-state index in [2.05, 4.69) is 305 Å². The highest BCUT2D eigenvalue weighted by Gasteiger charge is 2.61. The molecule has 0 N–H and O–H groups in total. The molecule has 3 heterocycles. The van der Waals surface area contributed by atoms with E-state index in [1.807, 2.05) is 0 Å². The van der Waals surface area contributed by atoms with E-state index in [1.165, 1.54) is 130 Å². The van der Waals surface area contributed by atoms with Gasteiger partial charge in [0.15, 0.2) is 0 Å². The third kappa shape index (κ3) is 8.35. The molecule has 3 nitrogen and oxygen atoms in total. The summed E-state index contributed by atoms with van der Waals surface area (Å²) < 4.78 is 0. The van der Waals surface area contributed by atoms with Crippen LogP contribution in [0, 0.1) is 0 Å². The van der Waals surface area contributed by atoms with Gasteiger partial charge in [-0.05, 0) is 157 Å². The molecule has 0 bridgehead atoms. The van der Waals surface area contributed by atoms with Gasteiger partial charge < -0.3 is 14.7 Å². The summed E-state index contributed by atoms with van der Waals surface area (Å²) in [6.45, 7) is 30.7. The van der Waals surface area contributed by atoms with Gasteiger partial charge >= 0.3 is 0 Å². The van der Waals surface area contributed by atoms with E-state index in [1.54, 1.807) is 0 Å². The zero-order valence-corrected chi connectivity index (χ0v) is 50.3. The monoisotopic (exact) mass is 1060 g/mol. The lowest BCUT2D eigenvalue weighted by Gasteiger charge is -2.53. The van der Waals surface area contributed by atoms with Crippen LogP contribution in [-0.4, -0.2) is 12.3 Å². The topological polar surface area (TPSA) is 9.72 Å². The van der Waals surface area contributed by atoms with Gasteiger partial charge in [0.25, 0.3) is 6.71 Å². The SMILES string of the molecule is CC(C)(C)c1ccc(C23CCCCC2(C)N(c2cc4c5c(c2)N(c2ccc(C(C)(C)C)cc2-c2ccccc2)c2ccc(C(C)(C)C)cc2B5c2ccccc2N4c2ccc(C(C)(C)C)cc2-c2ccccc2)c2ccccc23)cc1. The first-order valence-electron chi connectivity index (χ1n) is 30.0. The Morgan fingerprint density at radius 3 is 1.33 bits per heavy atom. The first-order valence-corrected chi connectivity index (χ1v) is 30.0. The quantitative estimate of drug-likeness (QED) is 0.154. The van der Waals surface area contributed by atoms with Crippen molar-refractivity contribution in [2.75, 3.05) is 14.7 Å². The van der Waals surface area contributed by atoms with Crippen LogP contribution in [0.15, 0.2) is 200 Å². The van der Waals surface area contributed by atoms with Crippen LogP contribution in [0.2, 0.25) is 0 Å². The van der Waals surface area contributed by atoms with E-state index >= 15 is 0 Å². The van der Waals surface area contributed by atoms with Crippen molar-refractivity contribution < 1.29 is 0 Å². The minimum Gasteiger partial charge on any atom is -0.334 e. The molecule has 2 atom stereocenters. The Kier molecular flexibility index (Phi) is 12.2. The number of para-hydroxylation sites is 2. The Labute approximate surface area is 484 Å². The second kappa shape index (κ2) is 18.7. The van der Waals surface area contributed by atoms with Crippen LogP contribution in [0.5, 0.6) is 0 Å². The van der Waals surface area contributed by atoms with Crippen LogP contribution in [0.3, 0.4) is 0 Å². The fourth-order valence-electron chi connectivity index (χ4n) is 14.8. The minimum absolute atomic E-state index is 0.0512. The zero-order chi connectivity index (χ0) is 56.6. The van der Waals surface area contributed by atoms with Crippen molar-refractivity contribution in [1.82, 2.24) is 0 Å². The maximum atomic E-state index is 2.83. The molecule has 0 spiro atoms. The molecular weight excluding hydrogens is 978 g/mol. The lowest BCUT2D eigenvalue weighted by molar-refractivity contribution is 0.215. The van der Waals surface area contributed by atoms with Crippen molar-refractivity contribution in [3.05, 3.63) is 234 Å². The van der Waals surface area contributed by atoms with Gasteiger partial charge in [-0.3, -0.25) is 0 Å². The lowest BCUT2D eigenvalue weighted by atomic mass is 9.33. The highest BCUT2D eigenvalue weighted by molar-refractivity contribution is 7.00. The maximum absolute atomic E-state index is 2.83. The highest BCUT2D eigenvalue weighted by Crippen LogP contribution is 2.64.